The number of aryl methyl sites for hydroxylation is 2. The highest BCUT2D eigenvalue weighted by Gasteiger charge is 2.38. The largest absolute Gasteiger partial charge is 0.444 e. The van der Waals surface area contributed by atoms with Crippen molar-refractivity contribution in [3.63, 3.8) is 0 Å². The summed E-state index contributed by atoms with van der Waals surface area (Å²) in [4.78, 5) is 40.5. The highest BCUT2D eigenvalue weighted by atomic mass is 16.6. The Bertz CT molecular complexity index is 917. The number of terminal acetylenes is 1. The zero-order valence-electron chi connectivity index (χ0n) is 21.6. The topological polar surface area (TPSA) is 87.7 Å². The van der Waals surface area contributed by atoms with E-state index in [0.29, 0.717) is 5.56 Å². The molecule has 0 aromatic heterocycles. The molecular weight excluding hydrogens is 418 g/mol. The molecule has 1 aromatic carbocycles. The van der Waals surface area contributed by atoms with Crippen molar-refractivity contribution in [2.24, 2.45) is 5.92 Å². The molecule has 0 aliphatic heterocycles. The minimum absolute atomic E-state index is 0.300. The van der Waals surface area contributed by atoms with Crippen LogP contribution in [0.3, 0.4) is 0 Å². The lowest BCUT2D eigenvalue weighted by atomic mass is 9.94. The summed E-state index contributed by atoms with van der Waals surface area (Å²) in [6.45, 7) is 18.1. The third kappa shape index (κ3) is 8.45. The van der Waals surface area contributed by atoms with Crippen LogP contribution in [-0.2, 0) is 14.3 Å². The standard InChI is InChI=1S/C26H39N3O4/c1-12-29(23(31)20(16(2)3)27-24(32)33-26(9,10)11)21(22(30)28-25(6,7)8)19-15-17(4)13-14-18(19)5/h1,13-16,20-21H,2-11H3,(H,27,32)(H,28,30). The van der Waals surface area contributed by atoms with Gasteiger partial charge in [-0.1, -0.05) is 44.0 Å². The predicted molar refractivity (Wildman–Crippen MR) is 130 cm³/mol. The van der Waals surface area contributed by atoms with Crippen LogP contribution in [0.1, 0.15) is 78.1 Å². The van der Waals surface area contributed by atoms with Gasteiger partial charge in [0.05, 0.1) is 0 Å². The van der Waals surface area contributed by atoms with Gasteiger partial charge in [-0.05, 0) is 72.4 Å². The summed E-state index contributed by atoms with van der Waals surface area (Å²) >= 11 is 0. The SMILES string of the molecule is C#CN(C(=O)C(NC(=O)OC(C)(C)C)C(C)C)C(C(=O)NC(C)(C)C)c1cc(C)ccc1C. The van der Waals surface area contributed by atoms with Crippen LogP contribution in [0.15, 0.2) is 18.2 Å². The van der Waals surface area contributed by atoms with Gasteiger partial charge in [0.1, 0.15) is 17.7 Å². The quantitative estimate of drug-likeness (QED) is 0.494. The molecule has 2 N–H and O–H groups in total. The van der Waals surface area contributed by atoms with E-state index in [-0.39, 0.29) is 5.92 Å². The van der Waals surface area contributed by atoms with Crippen molar-refractivity contribution in [3.05, 3.63) is 34.9 Å². The maximum atomic E-state index is 13.6. The van der Waals surface area contributed by atoms with E-state index in [2.05, 4.69) is 16.7 Å². The Kier molecular flexibility index (Phi) is 9.12. The van der Waals surface area contributed by atoms with Crippen LogP contribution >= 0.6 is 0 Å². The molecule has 3 amide bonds. The molecule has 33 heavy (non-hydrogen) atoms. The van der Waals surface area contributed by atoms with E-state index in [0.717, 1.165) is 16.0 Å². The van der Waals surface area contributed by atoms with E-state index in [1.54, 1.807) is 34.6 Å². The Morgan fingerprint density at radius 1 is 1.06 bits per heavy atom. The first-order chi connectivity index (χ1) is 15.0. The van der Waals surface area contributed by atoms with Crippen LogP contribution in [-0.4, -0.2) is 40.0 Å². The number of amides is 3. The molecule has 1 rings (SSSR count). The molecule has 0 aliphatic rings. The van der Waals surface area contributed by atoms with Crippen LogP contribution in [0.2, 0.25) is 0 Å². The maximum Gasteiger partial charge on any atom is 0.408 e. The number of carbonyl (C=O) groups excluding carboxylic acids is 3. The zero-order chi connectivity index (χ0) is 25.7. The number of benzene rings is 1. The number of alkyl carbamates (subject to hydrolysis) is 1. The number of hydrogen-bond donors (Lipinski definition) is 2. The van der Waals surface area contributed by atoms with E-state index in [1.165, 1.54) is 0 Å². The third-order valence-corrected chi connectivity index (χ3v) is 4.72. The number of carbonyl (C=O) groups is 3. The first-order valence-corrected chi connectivity index (χ1v) is 11.1. The summed E-state index contributed by atoms with van der Waals surface area (Å²) in [6, 6.07) is 6.03. The molecule has 0 radical (unpaired) electrons. The zero-order valence-corrected chi connectivity index (χ0v) is 21.6. The summed E-state index contributed by atoms with van der Waals surface area (Å²) in [6.07, 6.45) is 5.08. The highest BCUT2D eigenvalue weighted by molar-refractivity contribution is 5.93. The van der Waals surface area contributed by atoms with Crippen molar-refractivity contribution in [1.29, 1.82) is 0 Å². The second kappa shape index (κ2) is 10.7. The van der Waals surface area contributed by atoms with Gasteiger partial charge in [0, 0.05) is 11.6 Å². The van der Waals surface area contributed by atoms with Gasteiger partial charge in [0.15, 0.2) is 0 Å². The van der Waals surface area contributed by atoms with E-state index in [9.17, 15) is 14.4 Å². The van der Waals surface area contributed by atoms with Crippen LogP contribution in [0.4, 0.5) is 4.79 Å². The summed E-state index contributed by atoms with van der Waals surface area (Å²) in [5.74, 6) is -1.26. The molecule has 2 unspecified atom stereocenters. The van der Waals surface area contributed by atoms with Crippen molar-refractivity contribution in [1.82, 2.24) is 15.5 Å². The van der Waals surface area contributed by atoms with Gasteiger partial charge in [0.2, 0.25) is 5.91 Å². The molecule has 2 atom stereocenters. The van der Waals surface area contributed by atoms with Gasteiger partial charge in [-0.2, -0.15) is 0 Å². The molecule has 0 heterocycles. The van der Waals surface area contributed by atoms with Gasteiger partial charge < -0.3 is 15.4 Å². The molecule has 0 spiro atoms. The molecule has 0 fully saturated rings. The van der Waals surface area contributed by atoms with Crippen molar-refractivity contribution >= 4 is 17.9 Å². The molecule has 7 nitrogen and oxygen atoms in total. The number of nitrogens with one attached hydrogen (secondary N) is 2. The maximum absolute atomic E-state index is 13.6. The van der Waals surface area contributed by atoms with Gasteiger partial charge in [-0.25, -0.2) is 4.79 Å². The highest BCUT2D eigenvalue weighted by Crippen LogP contribution is 2.27. The molecule has 182 valence electrons. The summed E-state index contributed by atoms with van der Waals surface area (Å²) in [5.41, 5.74) is 1.12. The Morgan fingerprint density at radius 2 is 1.64 bits per heavy atom. The van der Waals surface area contributed by atoms with E-state index >= 15 is 0 Å². The van der Waals surface area contributed by atoms with E-state index in [4.69, 9.17) is 11.2 Å². The minimum Gasteiger partial charge on any atom is -0.444 e. The number of hydrogen-bond acceptors (Lipinski definition) is 4. The summed E-state index contributed by atoms with van der Waals surface area (Å²) < 4.78 is 5.32. The Morgan fingerprint density at radius 3 is 2.09 bits per heavy atom. The molecule has 0 saturated heterocycles. The Balaban J connectivity index is 3.48. The number of rotatable bonds is 6. The van der Waals surface area contributed by atoms with Crippen LogP contribution in [0.5, 0.6) is 0 Å². The summed E-state index contributed by atoms with van der Waals surface area (Å²) in [5, 5.41) is 5.56. The van der Waals surface area contributed by atoms with E-state index < -0.39 is 41.1 Å². The molecule has 0 saturated carbocycles. The fourth-order valence-corrected chi connectivity index (χ4v) is 3.25. The molecule has 1 aromatic rings. The molecular formula is C26H39N3O4. The van der Waals surface area contributed by atoms with Crippen LogP contribution in [0.25, 0.3) is 0 Å². The second-order valence-electron chi connectivity index (χ2n) is 10.7. The predicted octanol–water partition coefficient (Wildman–Crippen LogP) is 4.23. The minimum atomic E-state index is -1.07. The average molecular weight is 458 g/mol. The first-order valence-electron chi connectivity index (χ1n) is 11.1. The molecule has 0 aliphatic carbocycles. The first kappa shape index (κ1) is 28.0. The fraction of sp³-hybridized carbons (Fsp3) is 0.577. The van der Waals surface area contributed by atoms with E-state index in [1.807, 2.05) is 52.8 Å². The van der Waals surface area contributed by atoms with Gasteiger partial charge in [-0.3, -0.25) is 14.5 Å². The average Bonchev–Trinajstić information content (AvgIpc) is 2.62. The third-order valence-electron chi connectivity index (χ3n) is 4.72. The van der Waals surface area contributed by atoms with Crippen molar-refractivity contribution in [3.8, 4) is 12.5 Å². The number of ether oxygens (including phenoxy) is 1. The van der Waals surface area contributed by atoms with Crippen molar-refractivity contribution < 1.29 is 19.1 Å². The number of nitrogens with zero attached hydrogens (tertiary/aromatic N) is 1. The Labute approximate surface area is 198 Å². The van der Waals surface area contributed by atoms with Gasteiger partial charge in [-0.15, -0.1) is 0 Å². The molecule has 0 bridgehead atoms. The van der Waals surface area contributed by atoms with Crippen LogP contribution < -0.4 is 10.6 Å². The molecule has 7 heteroatoms. The van der Waals surface area contributed by atoms with Crippen molar-refractivity contribution in [2.75, 3.05) is 0 Å². The summed E-state index contributed by atoms with van der Waals surface area (Å²) in [7, 11) is 0. The Hall–Kier alpha value is -3.01. The van der Waals surface area contributed by atoms with Gasteiger partial charge >= 0.3 is 6.09 Å². The lowest BCUT2D eigenvalue weighted by Gasteiger charge is -2.34. The van der Waals surface area contributed by atoms with Crippen molar-refractivity contribution in [2.45, 2.75) is 92.5 Å². The van der Waals surface area contributed by atoms with Gasteiger partial charge in [0.25, 0.3) is 5.91 Å². The lowest BCUT2D eigenvalue weighted by Crippen LogP contribution is -2.54. The normalized spacial score (nSPS) is 13.5. The van der Waals surface area contributed by atoms with Crippen LogP contribution in [0, 0.1) is 32.2 Å². The smallest absolute Gasteiger partial charge is 0.408 e. The fourth-order valence-electron chi connectivity index (χ4n) is 3.25. The monoisotopic (exact) mass is 457 g/mol. The second-order valence-corrected chi connectivity index (χ2v) is 10.7. The lowest BCUT2D eigenvalue weighted by molar-refractivity contribution is -0.140.